The van der Waals surface area contributed by atoms with Crippen LogP contribution in [0.25, 0.3) is 0 Å². The molecule has 0 N–H and O–H groups in total. The van der Waals surface area contributed by atoms with E-state index in [2.05, 4.69) is 54.0 Å². The summed E-state index contributed by atoms with van der Waals surface area (Å²) in [6, 6.07) is 8.90. The van der Waals surface area contributed by atoms with Crippen LogP contribution in [0.2, 0.25) is 0 Å². The number of hydrogen-bond donors (Lipinski definition) is 0. The monoisotopic (exact) mass is 298 g/mol. The fourth-order valence-corrected chi connectivity index (χ4v) is 4.47. The molecule has 0 saturated heterocycles. The first-order valence-electron chi connectivity index (χ1n) is 6.02. The zero-order valence-electron chi connectivity index (χ0n) is 9.95. The van der Waals surface area contributed by atoms with Crippen molar-refractivity contribution in [3.05, 3.63) is 29.8 Å². The van der Waals surface area contributed by atoms with E-state index in [1.165, 1.54) is 23.5 Å². The molecule has 0 saturated carbocycles. The smallest absolute Gasteiger partial charge is 0.0120 e. The Kier molecular flexibility index (Phi) is 4.37. The van der Waals surface area contributed by atoms with Crippen molar-refractivity contribution >= 4 is 27.7 Å². The fourth-order valence-electron chi connectivity index (χ4n) is 2.56. The molecule has 3 atom stereocenters. The molecule has 1 aromatic rings. The lowest BCUT2D eigenvalue weighted by atomic mass is 9.89. The van der Waals surface area contributed by atoms with Crippen molar-refractivity contribution in [2.24, 2.45) is 5.92 Å². The van der Waals surface area contributed by atoms with Gasteiger partial charge in [-0.1, -0.05) is 48.0 Å². The summed E-state index contributed by atoms with van der Waals surface area (Å²) in [4.78, 5) is 2.15. The molecule has 2 heteroatoms. The van der Waals surface area contributed by atoms with Crippen LogP contribution in [0.5, 0.6) is 0 Å². The molecule has 1 heterocycles. The Labute approximate surface area is 111 Å². The molecule has 0 amide bonds. The van der Waals surface area contributed by atoms with Crippen LogP contribution in [0.1, 0.15) is 38.2 Å². The van der Waals surface area contributed by atoms with Gasteiger partial charge in [-0.2, -0.15) is 0 Å². The summed E-state index contributed by atoms with van der Waals surface area (Å²) in [5.41, 5.74) is 1.58. The van der Waals surface area contributed by atoms with Crippen LogP contribution in [-0.2, 0) is 0 Å². The summed E-state index contributed by atoms with van der Waals surface area (Å²) < 4.78 is 0. The highest BCUT2D eigenvalue weighted by molar-refractivity contribution is 9.09. The van der Waals surface area contributed by atoms with Gasteiger partial charge in [-0.15, -0.1) is 11.8 Å². The van der Waals surface area contributed by atoms with Gasteiger partial charge in [-0.3, -0.25) is 0 Å². The van der Waals surface area contributed by atoms with E-state index in [4.69, 9.17) is 0 Å². The minimum absolute atomic E-state index is 0.645. The molecule has 0 bridgehead atoms. The number of alkyl halides is 1. The molecule has 1 aromatic carbocycles. The SMILES string of the molecule is CC(Br)CC(C)CC1CSc2ccccc21. The molecule has 0 aliphatic carbocycles. The Hall–Kier alpha value is 0.0500. The summed E-state index contributed by atoms with van der Waals surface area (Å²) in [5, 5.41) is 0. The van der Waals surface area contributed by atoms with Crippen LogP contribution >= 0.6 is 27.7 Å². The highest BCUT2D eigenvalue weighted by Crippen LogP contribution is 2.42. The summed E-state index contributed by atoms with van der Waals surface area (Å²) in [7, 11) is 0. The second-order valence-electron chi connectivity index (χ2n) is 4.90. The van der Waals surface area contributed by atoms with Crippen LogP contribution < -0.4 is 0 Å². The van der Waals surface area contributed by atoms with Gasteiger partial charge >= 0.3 is 0 Å². The van der Waals surface area contributed by atoms with E-state index in [-0.39, 0.29) is 0 Å². The van der Waals surface area contributed by atoms with Crippen LogP contribution in [0.15, 0.2) is 29.2 Å². The van der Waals surface area contributed by atoms with Gasteiger partial charge in [0.15, 0.2) is 0 Å². The van der Waals surface area contributed by atoms with Gasteiger partial charge in [0.1, 0.15) is 0 Å². The fraction of sp³-hybridized carbons (Fsp3) is 0.571. The molecule has 2 rings (SSSR count). The first-order chi connectivity index (χ1) is 7.66. The number of hydrogen-bond acceptors (Lipinski definition) is 1. The maximum Gasteiger partial charge on any atom is 0.0120 e. The first-order valence-corrected chi connectivity index (χ1v) is 7.92. The molecule has 1 aliphatic heterocycles. The maximum atomic E-state index is 3.65. The van der Waals surface area contributed by atoms with E-state index in [0.29, 0.717) is 4.83 Å². The molecular weight excluding hydrogens is 280 g/mol. The maximum absolute atomic E-state index is 3.65. The van der Waals surface area contributed by atoms with Crippen molar-refractivity contribution in [2.45, 2.75) is 42.3 Å². The second-order valence-corrected chi connectivity index (χ2v) is 7.53. The summed E-state index contributed by atoms with van der Waals surface area (Å²) in [6.45, 7) is 4.62. The van der Waals surface area contributed by atoms with E-state index in [0.717, 1.165) is 11.8 Å². The highest BCUT2D eigenvalue weighted by atomic mass is 79.9. The number of benzene rings is 1. The minimum atomic E-state index is 0.645. The summed E-state index contributed by atoms with van der Waals surface area (Å²) in [6.07, 6.45) is 2.61. The lowest BCUT2D eigenvalue weighted by molar-refractivity contribution is 0.459. The minimum Gasteiger partial charge on any atom is -0.125 e. The second kappa shape index (κ2) is 5.59. The van der Waals surface area contributed by atoms with Crippen LogP contribution in [-0.4, -0.2) is 10.6 Å². The van der Waals surface area contributed by atoms with Crippen LogP contribution in [0.4, 0.5) is 0 Å². The van der Waals surface area contributed by atoms with Crippen molar-refractivity contribution < 1.29 is 0 Å². The van der Waals surface area contributed by atoms with Gasteiger partial charge < -0.3 is 0 Å². The van der Waals surface area contributed by atoms with E-state index in [1.54, 1.807) is 5.56 Å². The molecule has 1 aliphatic rings. The predicted octanol–water partition coefficient (Wildman–Crippen LogP) is 5.08. The van der Waals surface area contributed by atoms with E-state index < -0.39 is 0 Å². The van der Waals surface area contributed by atoms with Gasteiger partial charge in [-0.25, -0.2) is 0 Å². The van der Waals surface area contributed by atoms with Crippen LogP contribution in [0, 0.1) is 5.92 Å². The predicted molar refractivity (Wildman–Crippen MR) is 76.7 cm³/mol. The molecule has 0 fully saturated rings. The van der Waals surface area contributed by atoms with Crippen molar-refractivity contribution in [3.63, 3.8) is 0 Å². The van der Waals surface area contributed by atoms with E-state index >= 15 is 0 Å². The third kappa shape index (κ3) is 3.04. The quantitative estimate of drug-likeness (QED) is 0.699. The summed E-state index contributed by atoms with van der Waals surface area (Å²) >= 11 is 5.68. The third-order valence-electron chi connectivity index (χ3n) is 3.21. The van der Waals surface area contributed by atoms with Crippen molar-refractivity contribution in [1.29, 1.82) is 0 Å². The largest absolute Gasteiger partial charge is 0.125 e. The Morgan fingerprint density at radius 3 is 2.88 bits per heavy atom. The third-order valence-corrected chi connectivity index (χ3v) is 4.84. The average Bonchev–Trinajstić information content (AvgIpc) is 2.61. The number of fused-ring (bicyclic) bond motifs is 1. The lowest BCUT2D eigenvalue weighted by Crippen LogP contribution is -2.08. The zero-order chi connectivity index (χ0) is 11.5. The van der Waals surface area contributed by atoms with E-state index in [1.807, 2.05) is 11.8 Å². The van der Waals surface area contributed by atoms with Gasteiger partial charge in [0.25, 0.3) is 0 Å². The van der Waals surface area contributed by atoms with Gasteiger partial charge in [0.05, 0.1) is 0 Å². The molecule has 88 valence electrons. The van der Waals surface area contributed by atoms with Crippen molar-refractivity contribution in [1.82, 2.24) is 0 Å². The average molecular weight is 299 g/mol. The topological polar surface area (TPSA) is 0 Å². The Morgan fingerprint density at radius 1 is 1.38 bits per heavy atom. The first kappa shape index (κ1) is 12.5. The molecular formula is C14H19BrS. The number of rotatable bonds is 4. The molecule has 0 nitrogen and oxygen atoms in total. The normalized spacial score (nSPS) is 22.8. The van der Waals surface area contributed by atoms with Gasteiger partial charge in [-0.05, 0) is 36.3 Å². The molecule has 16 heavy (non-hydrogen) atoms. The van der Waals surface area contributed by atoms with Crippen molar-refractivity contribution in [2.75, 3.05) is 5.75 Å². The molecule has 3 unspecified atom stereocenters. The lowest BCUT2D eigenvalue weighted by Gasteiger charge is -2.18. The highest BCUT2D eigenvalue weighted by Gasteiger charge is 2.24. The Morgan fingerprint density at radius 2 is 2.12 bits per heavy atom. The van der Waals surface area contributed by atoms with Crippen LogP contribution in [0.3, 0.4) is 0 Å². The number of halogens is 1. The van der Waals surface area contributed by atoms with Crippen molar-refractivity contribution in [3.8, 4) is 0 Å². The van der Waals surface area contributed by atoms with E-state index in [9.17, 15) is 0 Å². The van der Waals surface area contributed by atoms with Gasteiger partial charge in [0.2, 0.25) is 0 Å². The molecule has 0 spiro atoms. The molecule has 0 aromatic heterocycles. The molecule has 0 radical (unpaired) electrons. The Balaban J connectivity index is 1.98. The summed E-state index contributed by atoms with van der Waals surface area (Å²) in [5.74, 6) is 2.87. The zero-order valence-corrected chi connectivity index (χ0v) is 12.4. The standard InChI is InChI=1S/C14H19BrS/c1-10(7-11(2)15)8-12-9-16-14-6-4-3-5-13(12)14/h3-6,10-12H,7-9H2,1-2H3. The number of thioether (sulfide) groups is 1. The Bertz CT molecular complexity index is 348. The van der Waals surface area contributed by atoms with Gasteiger partial charge in [0, 0.05) is 15.5 Å².